The third-order valence-electron chi connectivity index (χ3n) is 4.09. The number of fused-ring (bicyclic) bond motifs is 1. The van der Waals surface area contributed by atoms with E-state index in [2.05, 4.69) is 5.32 Å². The van der Waals surface area contributed by atoms with Crippen LogP contribution in [-0.4, -0.2) is 29.1 Å². The highest BCUT2D eigenvalue weighted by Gasteiger charge is 2.51. The first-order chi connectivity index (χ1) is 11.1. The molecule has 23 heavy (non-hydrogen) atoms. The van der Waals surface area contributed by atoms with Crippen molar-refractivity contribution in [2.45, 2.75) is 31.2 Å². The Hall–Kier alpha value is -2.56. The number of benzene rings is 2. The van der Waals surface area contributed by atoms with Crippen LogP contribution in [0.4, 0.5) is 0 Å². The fourth-order valence-electron chi connectivity index (χ4n) is 2.58. The molecule has 5 nitrogen and oxygen atoms in total. The average Bonchev–Trinajstić information content (AvgIpc) is 3.32. The zero-order chi connectivity index (χ0) is 16.3. The van der Waals surface area contributed by atoms with Gasteiger partial charge in [0.15, 0.2) is 0 Å². The second-order valence-corrected chi connectivity index (χ2v) is 5.86. The van der Waals surface area contributed by atoms with E-state index in [0.29, 0.717) is 25.9 Å². The Morgan fingerprint density at radius 2 is 1.87 bits per heavy atom. The summed E-state index contributed by atoms with van der Waals surface area (Å²) in [6, 6.07) is 13.8. The monoisotopic (exact) mass is 313 g/mol. The van der Waals surface area contributed by atoms with Crippen molar-refractivity contribution in [2.24, 2.45) is 0 Å². The SMILES string of the molecule is O=C(CCCOc1cccc2ccccc12)NC1(C(=O)O)CC1. The minimum Gasteiger partial charge on any atom is -0.493 e. The van der Waals surface area contributed by atoms with Crippen molar-refractivity contribution in [1.29, 1.82) is 0 Å². The van der Waals surface area contributed by atoms with Crippen molar-refractivity contribution in [3.8, 4) is 5.75 Å². The number of hydrogen-bond donors (Lipinski definition) is 2. The molecule has 5 heteroatoms. The number of carbonyl (C=O) groups is 2. The Labute approximate surface area is 134 Å². The van der Waals surface area contributed by atoms with Crippen molar-refractivity contribution >= 4 is 22.6 Å². The summed E-state index contributed by atoms with van der Waals surface area (Å²) >= 11 is 0. The van der Waals surface area contributed by atoms with E-state index in [-0.39, 0.29) is 12.3 Å². The number of carbonyl (C=O) groups excluding carboxylic acids is 1. The molecule has 1 amide bonds. The number of carboxylic acid groups (broad SMARTS) is 1. The van der Waals surface area contributed by atoms with Gasteiger partial charge in [-0.3, -0.25) is 4.79 Å². The van der Waals surface area contributed by atoms with Crippen molar-refractivity contribution in [2.75, 3.05) is 6.61 Å². The number of carboxylic acids is 1. The van der Waals surface area contributed by atoms with Gasteiger partial charge < -0.3 is 15.2 Å². The van der Waals surface area contributed by atoms with Crippen LogP contribution in [0.15, 0.2) is 42.5 Å². The highest BCUT2D eigenvalue weighted by molar-refractivity contribution is 5.89. The van der Waals surface area contributed by atoms with Crippen molar-refractivity contribution < 1.29 is 19.4 Å². The van der Waals surface area contributed by atoms with Gasteiger partial charge in [0.25, 0.3) is 0 Å². The zero-order valence-electron chi connectivity index (χ0n) is 12.7. The Kier molecular flexibility index (Phi) is 4.19. The predicted molar refractivity (Wildman–Crippen MR) is 86.4 cm³/mol. The van der Waals surface area contributed by atoms with Crippen LogP contribution in [0.3, 0.4) is 0 Å². The summed E-state index contributed by atoms with van der Waals surface area (Å²) in [5.41, 5.74) is -1.01. The van der Waals surface area contributed by atoms with Gasteiger partial charge in [0, 0.05) is 11.8 Å². The smallest absolute Gasteiger partial charge is 0.329 e. The lowest BCUT2D eigenvalue weighted by Gasteiger charge is -2.13. The lowest BCUT2D eigenvalue weighted by Crippen LogP contribution is -2.43. The molecule has 120 valence electrons. The summed E-state index contributed by atoms with van der Waals surface area (Å²) in [7, 11) is 0. The van der Waals surface area contributed by atoms with E-state index >= 15 is 0 Å². The molecule has 0 heterocycles. The topological polar surface area (TPSA) is 75.6 Å². The van der Waals surface area contributed by atoms with Gasteiger partial charge in [0.2, 0.25) is 5.91 Å². The Balaban J connectivity index is 1.48. The molecule has 1 aliphatic rings. The van der Waals surface area contributed by atoms with Crippen molar-refractivity contribution in [1.82, 2.24) is 5.32 Å². The fourth-order valence-corrected chi connectivity index (χ4v) is 2.58. The van der Waals surface area contributed by atoms with E-state index in [1.165, 1.54) is 0 Å². The van der Waals surface area contributed by atoms with Crippen LogP contribution in [-0.2, 0) is 9.59 Å². The minimum atomic E-state index is -1.01. The van der Waals surface area contributed by atoms with E-state index < -0.39 is 11.5 Å². The number of aliphatic carboxylic acids is 1. The van der Waals surface area contributed by atoms with Crippen LogP contribution in [0.5, 0.6) is 5.75 Å². The predicted octanol–water partition coefficient (Wildman–Crippen LogP) is 2.73. The summed E-state index contributed by atoms with van der Waals surface area (Å²) in [5, 5.41) is 13.8. The highest BCUT2D eigenvalue weighted by atomic mass is 16.5. The maximum atomic E-state index is 11.8. The lowest BCUT2D eigenvalue weighted by atomic mass is 10.1. The molecule has 0 atom stereocenters. The molecule has 0 bridgehead atoms. The number of hydrogen-bond acceptors (Lipinski definition) is 3. The summed E-state index contributed by atoms with van der Waals surface area (Å²) in [6.07, 6.45) is 1.84. The highest BCUT2D eigenvalue weighted by Crippen LogP contribution is 2.35. The summed E-state index contributed by atoms with van der Waals surface area (Å²) in [6.45, 7) is 0.418. The van der Waals surface area contributed by atoms with Gasteiger partial charge in [-0.2, -0.15) is 0 Å². The molecule has 0 saturated heterocycles. The molecule has 1 fully saturated rings. The molecule has 1 saturated carbocycles. The summed E-state index contributed by atoms with van der Waals surface area (Å²) in [4.78, 5) is 22.8. The van der Waals surface area contributed by atoms with Gasteiger partial charge in [-0.15, -0.1) is 0 Å². The average molecular weight is 313 g/mol. The van der Waals surface area contributed by atoms with Crippen molar-refractivity contribution in [3.05, 3.63) is 42.5 Å². The first kappa shape index (κ1) is 15.3. The standard InChI is InChI=1S/C18H19NO4/c20-16(19-18(10-11-18)17(21)22)9-4-12-23-15-8-3-6-13-5-1-2-7-14(13)15/h1-3,5-8H,4,9-12H2,(H,19,20)(H,21,22). The zero-order valence-corrected chi connectivity index (χ0v) is 12.7. The van der Waals surface area contributed by atoms with Crippen LogP contribution >= 0.6 is 0 Å². The van der Waals surface area contributed by atoms with Gasteiger partial charge in [0.05, 0.1) is 6.61 Å². The molecule has 2 N–H and O–H groups in total. The van der Waals surface area contributed by atoms with Gasteiger partial charge in [-0.05, 0) is 30.7 Å². The second kappa shape index (κ2) is 6.28. The van der Waals surface area contributed by atoms with Crippen LogP contribution in [0.25, 0.3) is 10.8 Å². The maximum absolute atomic E-state index is 11.8. The first-order valence-electron chi connectivity index (χ1n) is 7.76. The van der Waals surface area contributed by atoms with E-state index in [1.54, 1.807) is 0 Å². The fraction of sp³-hybridized carbons (Fsp3) is 0.333. The van der Waals surface area contributed by atoms with Gasteiger partial charge in [-0.1, -0.05) is 36.4 Å². The van der Waals surface area contributed by atoms with Crippen LogP contribution < -0.4 is 10.1 Å². The molecule has 0 radical (unpaired) electrons. The molecule has 0 unspecified atom stereocenters. The normalized spacial score (nSPS) is 15.1. The molecule has 2 aromatic carbocycles. The molecule has 1 aliphatic carbocycles. The third kappa shape index (κ3) is 3.44. The van der Waals surface area contributed by atoms with Gasteiger partial charge in [0.1, 0.15) is 11.3 Å². The largest absolute Gasteiger partial charge is 0.493 e. The van der Waals surface area contributed by atoms with E-state index in [4.69, 9.17) is 9.84 Å². The van der Waals surface area contributed by atoms with Crippen LogP contribution in [0.1, 0.15) is 25.7 Å². The maximum Gasteiger partial charge on any atom is 0.329 e. The lowest BCUT2D eigenvalue weighted by molar-refractivity contribution is -0.143. The van der Waals surface area contributed by atoms with E-state index in [1.807, 2.05) is 42.5 Å². The Morgan fingerprint density at radius 3 is 2.61 bits per heavy atom. The molecule has 2 aromatic rings. The number of ether oxygens (including phenoxy) is 1. The van der Waals surface area contributed by atoms with Crippen LogP contribution in [0.2, 0.25) is 0 Å². The Morgan fingerprint density at radius 1 is 1.13 bits per heavy atom. The van der Waals surface area contributed by atoms with E-state index in [0.717, 1.165) is 16.5 Å². The molecular weight excluding hydrogens is 294 g/mol. The van der Waals surface area contributed by atoms with Crippen LogP contribution in [0, 0.1) is 0 Å². The van der Waals surface area contributed by atoms with E-state index in [9.17, 15) is 9.59 Å². The number of amides is 1. The molecule has 0 aliphatic heterocycles. The van der Waals surface area contributed by atoms with Crippen molar-refractivity contribution in [3.63, 3.8) is 0 Å². The first-order valence-corrected chi connectivity index (χ1v) is 7.76. The third-order valence-corrected chi connectivity index (χ3v) is 4.09. The molecule has 0 aromatic heterocycles. The molecule has 0 spiro atoms. The summed E-state index contributed by atoms with van der Waals surface area (Å²) < 4.78 is 5.77. The number of rotatable bonds is 7. The quantitative estimate of drug-likeness (QED) is 0.771. The summed E-state index contributed by atoms with van der Waals surface area (Å²) in [5.74, 6) is -0.378. The Bertz CT molecular complexity index is 731. The minimum absolute atomic E-state index is 0.230. The second-order valence-electron chi connectivity index (χ2n) is 5.86. The molecular formula is C18H19NO4. The molecule has 3 rings (SSSR count). The van der Waals surface area contributed by atoms with Gasteiger partial charge in [-0.25, -0.2) is 4.79 Å². The number of nitrogens with one attached hydrogen (secondary N) is 1. The van der Waals surface area contributed by atoms with Gasteiger partial charge >= 0.3 is 5.97 Å².